The summed E-state index contributed by atoms with van der Waals surface area (Å²) in [5.74, 6) is -0.202. The van der Waals surface area contributed by atoms with Gasteiger partial charge in [-0.15, -0.1) is 0 Å². The molecule has 6 nitrogen and oxygen atoms in total. The van der Waals surface area contributed by atoms with Gasteiger partial charge in [-0.05, 0) is 37.5 Å². The van der Waals surface area contributed by atoms with E-state index < -0.39 is 0 Å². The summed E-state index contributed by atoms with van der Waals surface area (Å²) in [5, 5.41) is 15.7. The summed E-state index contributed by atoms with van der Waals surface area (Å²) in [4.78, 5) is 11.9. The SMILES string of the molecule is Nc1ccccc1-n1ccc(C(=O)NCCCCCO)n1. The van der Waals surface area contributed by atoms with Crippen LogP contribution in [0.25, 0.3) is 5.69 Å². The lowest BCUT2D eigenvalue weighted by atomic mass is 10.2. The minimum Gasteiger partial charge on any atom is -0.397 e. The predicted molar refractivity (Wildman–Crippen MR) is 81.2 cm³/mol. The molecule has 6 heteroatoms. The summed E-state index contributed by atoms with van der Waals surface area (Å²) in [6, 6.07) is 9.02. The largest absolute Gasteiger partial charge is 0.397 e. The van der Waals surface area contributed by atoms with Crippen LogP contribution in [0.5, 0.6) is 0 Å². The van der Waals surface area contributed by atoms with Crippen molar-refractivity contribution < 1.29 is 9.90 Å². The van der Waals surface area contributed by atoms with E-state index in [9.17, 15) is 4.79 Å². The summed E-state index contributed by atoms with van der Waals surface area (Å²) in [6.45, 7) is 0.774. The third kappa shape index (κ3) is 4.06. The first kappa shape index (κ1) is 15.1. The van der Waals surface area contributed by atoms with Crippen LogP contribution in [0.3, 0.4) is 0 Å². The fourth-order valence-electron chi connectivity index (χ4n) is 1.98. The molecule has 1 heterocycles. The number of nitrogens with one attached hydrogen (secondary N) is 1. The molecule has 0 spiro atoms. The van der Waals surface area contributed by atoms with E-state index in [0.717, 1.165) is 24.9 Å². The second-order valence-corrected chi connectivity index (χ2v) is 4.74. The first-order chi connectivity index (χ1) is 10.2. The number of benzene rings is 1. The lowest BCUT2D eigenvalue weighted by Gasteiger charge is -2.05. The van der Waals surface area contributed by atoms with E-state index in [1.54, 1.807) is 23.0 Å². The highest BCUT2D eigenvalue weighted by Gasteiger charge is 2.10. The van der Waals surface area contributed by atoms with Gasteiger partial charge < -0.3 is 16.2 Å². The monoisotopic (exact) mass is 288 g/mol. The van der Waals surface area contributed by atoms with Crippen molar-refractivity contribution in [2.45, 2.75) is 19.3 Å². The van der Waals surface area contributed by atoms with E-state index in [4.69, 9.17) is 10.8 Å². The third-order valence-electron chi connectivity index (χ3n) is 3.13. The van der Waals surface area contributed by atoms with Crippen LogP contribution < -0.4 is 11.1 Å². The molecule has 0 bridgehead atoms. The van der Waals surface area contributed by atoms with Crippen molar-refractivity contribution in [3.8, 4) is 5.69 Å². The van der Waals surface area contributed by atoms with E-state index in [1.807, 2.05) is 18.2 Å². The van der Waals surface area contributed by atoms with Crippen molar-refractivity contribution in [1.29, 1.82) is 0 Å². The van der Waals surface area contributed by atoms with Gasteiger partial charge in [0.05, 0.1) is 11.4 Å². The number of amides is 1. The topological polar surface area (TPSA) is 93.2 Å². The number of nitrogen functional groups attached to an aromatic ring is 1. The number of aromatic nitrogens is 2. The molecule has 0 radical (unpaired) electrons. The molecule has 21 heavy (non-hydrogen) atoms. The minimum absolute atomic E-state index is 0.191. The number of rotatable bonds is 7. The van der Waals surface area contributed by atoms with Crippen LogP contribution in [-0.2, 0) is 0 Å². The Morgan fingerprint density at radius 2 is 2.05 bits per heavy atom. The summed E-state index contributed by atoms with van der Waals surface area (Å²) in [7, 11) is 0. The number of carbonyl (C=O) groups excluding carboxylic acids is 1. The molecule has 0 saturated carbocycles. The Morgan fingerprint density at radius 3 is 2.81 bits per heavy atom. The Kier molecular flexibility index (Phi) is 5.34. The van der Waals surface area contributed by atoms with Crippen LogP contribution in [-0.4, -0.2) is 33.9 Å². The number of unbranched alkanes of at least 4 members (excludes halogenated alkanes) is 2. The quantitative estimate of drug-likeness (QED) is 0.529. The number of hydrogen-bond donors (Lipinski definition) is 3. The Bertz CT molecular complexity index is 595. The van der Waals surface area contributed by atoms with E-state index in [2.05, 4.69) is 10.4 Å². The molecule has 1 aromatic carbocycles. The molecular weight excluding hydrogens is 268 g/mol. The van der Waals surface area contributed by atoms with Gasteiger partial charge in [0.2, 0.25) is 0 Å². The van der Waals surface area contributed by atoms with Crippen molar-refractivity contribution in [1.82, 2.24) is 15.1 Å². The fraction of sp³-hybridized carbons (Fsp3) is 0.333. The number of para-hydroxylation sites is 2. The smallest absolute Gasteiger partial charge is 0.271 e. The summed E-state index contributed by atoms with van der Waals surface area (Å²) in [5.41, 5.74) is 7.60. The highest BCUT2D eigenvalue weighted by molar-refractivity contribution is 5.92. The molecule has 0 aliphatic heterocycles. The maximum atomic E-state index is 11.9. The number of hydrogen-bond acceptors (Lipinski definition) is 4. The van der Waals surface area contributed by atoms with Crippen molar-refractivity contribution in [2.24, 2.45) is 0 Å². The highest BCUT2D eigenvalue weighted by atomic mass is 16.2. The number of carbonyl (C=O) groups is 1. The first-order valence-electron chi connectivity index (χ1n) is 7.02. The molecule has 112 valence electrons. The Balaban J connectivity index is 1.94. The zero-order valence-electron chi connectivity index (χ0n) is 11.8. The fourth-order valence-corrected chi connectivity index (χ4v) is 1.98. The summed E-state index contributed by atoms with van der Waals surface area (Å²) in [6.07, 6.45) is 4.22. The molecule has 0 aliphatic rings. The van der Waals surface area contributed by atoms with E-state index >= 15 is 0 Å². The number of nitrogens with two attached hydrogens (primary N) is 1. The molecular formula is C15H20N4O2. The van der Waals surface area contributed by atoms with Gasteiger partial charge in [0.1, 0.15) is 0 Å². The maximum Gasteiger partial charge on any atom is 0.271 e. The molecule has 0 aliphatic carbocycles. The number of nitrogens with zero attached hydrogens (tertiary/aromatic N) is 2. The zero-order chi connectivity index (χ0) is 15.1. The highest BCUT2D eigenvalue weighted by Crippen LogP contribution is 2.15. The molecule has 4 N–H and O–H groups in total. The molecule has 1 amide bonds. The minimum atomic E-state index is -0.202. The molecule has 0 fully saturated rings. The van der Waals surface area contributed by atoms with Gasteiger partial charge in [-0.2, -0.15) is 5.10 Å². The van der Waals surface area contributed by atoms with Gasteiger partial charge >= 0.3 is 0 Å². The summed E-state index contributed by atoms with van der Waals surface area (Å²) >= 11 is 0. The first-order valence-corrected chi connectivity index (χ1v) is 7.02. The average molecular weight is 288 g/mol. The molecule has 1 aromatic heterocycles. The van der Waals surface area contributed by atoms with Gasteiger partial charge in [0.15, 0.2) is 5.69 Å². The molecule has 0 atom stereocenters. The van der Waals surface area contributed by atoms with Crippen LogP contribution >= 0.6 is 0 Å². The van der Waals surface area contributed by atoms with Crippen molar-refractivity contribution in [2.75, 3.05) is 18.9 Å². The van der Waals surface area contributed by atoms with Crippen molar-refractivity contribution in [3.05, 3.63) is 42.2 Å². The van der Waals surface area contributed by atoms with Gasteiger partial charge in [0, 0.05) is 19.3 Å². The van der Waals surface area contributed by atoms with Crippen LogP contribution in [0.1, 0.15) is 29.8 Å². The van der Waals surface area contributed by atoms with Crippen LogP contribution in [0.15, 0.2) is 36.5 Å². The Hall–Kier alpha value is -2.34. The third-order valence-corrected chi connectivity index (χ3v) is 3.13. The molecule has 0 saturated heterocycles. The zero-order valence-corrected chi connectivity index (χ0v) is 11.8. The van der Waals surface area contributed by atoms with Gasteiger partial charge in [-0.25, -0.2) is 4.68 Å². The van der Waals surface area contributed by atoms with E-state index in [-0.39, 0.29) is 12.5 Å². The number of aliphatic hydroxyl groups excluding tert-OH is 1. The van der Waals surface area contributed by atoms with Crippen molar-refractivity contribution >= 4 is 11.6 Å². The maximum absolute atomic E-state index is 11.9. The number of aliphatic hydroxyl groups is 1. The predicted octanol–water partition coefficient (Wildman–Crippen LogP) is 1.35. The summed E-state index contributed by atoms with van der Waals surface area (Å²) < 4.78 is 1.59. The Labute approximate surface area is 123 Å². The lowest BCUT2D eigenvalue weighted by molar-refractivity contribution is 0.0947. The lowest BCUT2D eigenvalue weighted by Crippen LogP contribution is -2.25. The normalized spacial score (nSPS) is 10.5. The van der Waals surface area contributed by atoms with Crippen molar-refractivity contribution in [3.63, 3.8) is 0 Å². The molecule has 2 aromatic rings. The second-order valence-electron chi connectivity index (χ2n) is 4.74. The molecule has 0 unspecified atom stereocenters. The van der Waals surface area contributed by atoms with Gasteiger partial charge in [-0.3, -0.25) is 4.79 Å². The van der Waals surface area contributed by atoms with Gasteiger partial charge in [0.25, 0.3) is 5.91 Å². The van der Waals surface area contributed by atoms with Crippen LogP contribution in [0.4, 0.5) is 5.69 Å². The molecule has 2 rings (SSSR count). The standard InChI is InChI=1S/C15H20N4O2/c16-12-6-2-3-7-14(12)19-10-8-13(18-19)15(21)17-9-4-1-5-11-20/h2-3,6-8,10,20H,1,4-5,9,11,16H2,(H,17,21). The average Bonchev–Trinajstić information content (AvgIpc) is 2.97. The van der Waals surface area contributed by atoms with E-state index in [1.165, 1.54) is 0 Å². The van der Waals surface area contributed by atoms with Gasteiger partial charge in [-0.1, -0.05) is 12.1 Å². The second kappa shape index (κ2) is 7.44. The number of anilines is 1. The van der Waals surface area contributed by atoms with Crippen LogP contribution in [0, 0.1) is 0 Å². The van der Waals surface area contributed by atoms with E-state index in [0.29, 0.717) is 17.9 Å². The van der Waals surface area contributed by atoms with Crippen LogP contribution in [0.2, 0.25) is 0 Å². The Morgan fingerprint density at radius 1 is 1.24 bits per heavy atom.